The summed E-state index contributed by atoms with van der Waals surface area (Å²) in [6.07, 6.45) is 1.57. The molecule has 0 aromatic carbocycles. The van der Waals surface area contributed by atoms with E-state index in [2.05, 4.69) is 15.5 Å². The molecule has 2 aromatic rings. The molecule has 1 atom stereocenters. The smallest absolute Gasteiger partial charge is 0.274 e. The molecule has 6 nitrogen and oxygen atoms in total. The molecule has 0 aliphatic carbocycles. The minimum atomic E-state index is -0.315. The molecule has 1 unspecified atom stereocenters. The van der Waals surface area contributed by atoms with Gasteiger partial charge in [0.2, 0.25) is 0 Å². The maximum absolute atomic E-state index is 12.1. The highest BCUT2D eigenvalue weighted by molar-refractivity contribution is 5.97. The van der Waals surface area contributed by atoms with Crippen molar-refractivity contribution in [3.63, 3.8) is 0 Å². The Balaban J connectivity index is 2.12. The van der Waals surface area contributed by atoms with Crippen molar-refractivity contribution in [1.82, 2.24) is 15.5 Å². The zero-order chi connectivity index (χ0) is 14.0. The number of nitrogens with two attached hydrogens (primary N) is 1. The van der Waals surface area contributed by atoms with Crippen molar-refractivity contribution >= 4 is 11.6 Å². The lowest BCUT2D eigenvalue weighted by molar-refractivity contribution is 0.0931. The number of carbonyl (C=O) groups is 1. The standard InChI is InChI=1S/C13H18N4O2/c1-7(2)11-10(14)12(17-16-11)13(18)15-8(3)9-5-4-6-19-9/h4-8H,14H2,1-3H3,(H,15,18)(H,16,17). The monoisotopic (exact) mass is 262 g/mol. The molecule has 1 amide bonds. The average molecular weight is 262 g/mol. The number of furan rings is 1. The van der Waals surface area contributed by atoms with Crippen LogP contribution in [0.15, 0.2) is 22.8 Å². The van der Waals surface area contributed by atoms with Crippen LogP contribution in [0.1, 0.15) is 54.7 Å². The van der Waals surface area contributed by atoms with E-state index in [-0.39, 0.29) is 23.6 Å². The van der Waals surface area contributed by atoms with Gasteiger partial charge in [-0.05, 0) is 25.0 Å². The fraction of sp³-hybridized carbons (Fsp3) is 0.385. The molecular formula is C13H18N4O2. The zero-order valence-corrected chi connectivity index (χ0v) is 11.2. The van der Waals surface area contributed by atoms with Gasteiger partial charge in [-0.2, -0.15) is 5.10 Å². The van der Waals surface area contributed by atoms with Crippen LogP contribution in [0.2, 0.25) is 0 Å². The van der Waals surface area contributed by atoms with Crippen LogP contribution in [-0.2, 0) is 0 Å². The Morgan fingerprint density at radius 2 is 2.21 bits per heavy atom. The Morgan fingerprint density at radius 3 is 2.74 bits per heavy atom. The van der Waals surface area contributed by atoms with E-state index < -0.39 is 0 Å². The number of aromatic amines is 1. The van der Waals surface area contributed by atoms with Crippen molar-refractivity contribution in [2.24, 2.45) is 0 Å². The summed E-state index contributed by atoms with van der Waals surface area (Å²) in [5, 5.41) is 9.58. The number of rotatable bonds is 4. The normalized spacial score (nSPS) is 12.6. The Morgan fingerprint density at radius 1 is 1.47 bits per heavy atom. The number of H-pyrrole nitrogens is 1. The molecule has 0 bridgehead atoms. The molecule has 0 spiro atoms. The Hall–Kier alpha value is -2.24. The minimum Gasteiger partial charge on any atom is -0.467 e. The van der Waals surface area contributed by atoms with Gasteiger partial charge in [0, 0.05) is 0 Å². The second kappa shape index (κ2) is 5.17. The maximum atomic E-state index is 12.1. The Labute approximate surface area is 111 Å². The van der Waals surface area contributed by atoms with Crippen molar-refractivity contribution in [2.75, 3.05) is 5.73 Å². The van der Waals surface area contributed by atoms with E-state index in [0.29, 0.717) is 11.4 Å². The second-order valence-electron chi connectivity index (χ2n) is 4.76. The third-order valence-electron chi connectivity index (χ3n) is 2.94. The van der Waals surface area contributed by atoms with Gasteiger partial charge in [0.05, 0.1) is 23.7 Å². The first-order valence-electron chi connectivity index (χ1n) is 6.18. The summed E-state index contributed by atoms with van der Waals surface area (Å²) in [6, 6.07) is 3.34. The van der Waals surface area contributed by atoms with Gasteiger partial charge in [0.1, 0.15) is 5.76 Å². The molecule has 0 saturated heterocycles. The summed E-state index contributed by atoms with van der Waals surface area (Å²) in [5.74, 6) is 0.563. The van der Waals surface area contributed by atoms with Crippen molar-refractivity contribution in [3.05, 3.63) is 35.5 Å². The number of amides is 1. The first kappa shape index (κ1) is 13.2. The summed E-state index contributed by atoms with van der Waals surface area (Å²) in [5.41, 5.74) is 7.32. The predicted octanol–water partition coefficient (Wildman–Crippen LogP) is 2.20. The predicted molar refractivity (Wildman–Crippen MR) is 71.7 cm³/mol. The van der Waals surface area contributed by atoms with Gasteiger partial charge < -0.3 is 15.5 Å². The quantitative estimate of drug-likeness (QED) is 0.786. The summed E-state index contributed by atoms with van der Waals surface area (Å²) in [6.45, 7) is 5.80. The maximum Gasteiger partial charge on any atom is 0.274 e. The molecule has 2 aromatic heterocycles. The van der Waals surface area contributed by atoms with Crippen molar-refractivity contribution < 1.29 is 9.21 Å². The number of hydrogen-bond donors (Lipinski definition) is 3. The van der Waals surface area contributed by atoms with Crippen molar-refractivity contribution in [2.45, 2.75) is 32.7 Å². The number of nitrogens with one attached hydrogen (secondary N) is 2. The highest BCUT2D eigenvalue weighted by Crippen LogP contribution is 2.22. The lowest BCUT2D eigenvalue weighted by Crippen LogP contribution is -2.27. The molecular weight excluding hydrogens is 244 g/mol. The van der Waals surface area contributed by atoms with Crippen molar-refractivity contribution in [1.29, 1.82) is 0 Å². The molecule has 2 rings (SSSR count). The van der Waals surface area contributed by atoms with Crippen LogP contribution >= 0.6 is 0 Å². The van der Waals surface area contributed by atoms with Crippen LogP contribution in [-0.4, -0.2) is 16.1 Å². The van der Waals surface area contributed by atoms with Gasteiger partial charge >= 0.3 is 0 Å². The summed E-state index contributed by atoms with van der Waals surface area (Å²) >= 11 is 0. The van der Waals surface area contributed by atoms with Crippen LogP contribution in [0.4, 0.5) is 5.69 Å². The summed E-state index contributed by atoms with van der Waals surface area (Å²) in [4.78, 5) is 12.1. The first-order valence-corrected chi connectivity index (χ1v) is 6.18. The van der Waals surface area contributed by atoms with E-state index >= 15 is 0 Å². The molecule has 102 valence electrons. The lowest BCUT2D eigenvalue weighted by atomic mass is 10.1. The number of nitrogen functional groups attached to an aromatic ring is 1. The summed E-state index contributed by atoms with van der Waals surface area (Å²) in [7, 11) is 0. The van der Waals surface area contributed by atoms with Gasteiger partial charge in [-0.3, -0.25) is 9.89 Å². The highest BCUT2D eigenvalue weighted by Gasteiger charge is 2.21. The van der Waals surface area contributed by atoms with E-state index in [1.54, 1.807) is 18.4 Å². The Bertz CT molecular complexity index is 557. The fourth-order valence-corrected chi connectivity index (χ4v) is 1.85. The van der Waals surface area contributed by atoms with Gasteiger partial charge in [-0.15, -0.1) is 0 Å². The first-order chi connectivity index (χ1) is 9.00. The van der Waals surface area contributed by atoms with Gasteiger partial charge in [0.15, 0.2) is 5.69 Å². The van der Waals surface area contributed by atoms with Gasteiger partial charge in [0.25, 0.3) is 5.91 Å². The molecule has 6 heteroatoms. The molecule has 0 aliphatic rings. The molecule has 0 fully saturated rings. The molecule has 4 N–H and O–H groups in total. The van der Waals surface area contributed by atoms with E-state index in [1.165, 1.54) is 0 Å². The number of anilines is 1. The third-order valence-corrected chi connectivity index (χ3v) is 2.94. The van der Waals surface area contributed by atoms with Gasteiger partial charge in [-0.1, -0.05) is 13.8 Å². The van der Waals surface area contributed by atoms with Crippen LogP contribution < -0.4 is 11.1 Å². The molecule has 0 saturated carbocycles. The van der Waals surface area contributed by atoms with Gasteiger partial charge in [-0.25, -0.2) is 0 Å². The topological polar surface area (TPSA) is 96.9 Å². The molecule has 2 heterocycles. The highest BCUT2D eigenvalue weighted by atomic mass is 16.3. The SMILES string of the molecule is CC(C)c1[nH]nc(C(=O)NC(C)c2ccco2)c1N. The lowest BCUT2D eigenvalue weighted by Gasteiger charge is -2.10. The Kier molecular flexibility index (Phi) is 3.59. The largest absolute Gasteiger partial charge is 0.467 e. The molecule has 19 heavy (non-hydrogen) atoms. The van der Waals surface area contributed by atoms with E-state index in [0.717, 1.165) is 5.69 Å². The van der Waals surface area contributed by atoms with E-state index in [9.17, 15) is 4.79 Å². The third kappa shape index (κ3) is 2.62. The fourth-order valence-electron chi connectivity index (χ4n) is 1.85. The second-order valence-corrected chi connectivity index (χ2v) is 4.76. The van der Waals surface area contributed by atoms with E-state index in [4.69, 9.17) is 10.2 Å². The summed E-state index contributed by atoms with van der Waals surface area (Å²) < 4.78 is 5.23. The van der Waals surface area contributed by atoms with Crippen LogP contribution in [0.25, 0.3) is 0 Å². The molecule has 0 radical (unpaired) electrons. The van der Waals surface area contributed by atoms with Crippen LogP contribution in [0.5, 0.6) is 0 Å². The molecule has 0 aliphatic heterocycles. The number of hydrogen-bond acceptors (Lipinski definition) is 4. The van der Waals surface area contributed by atoms with Crippen LogP contribution in [0, 0.1) is 0 Å². The van der Waals surface area contributed by atoms with Crippen LogP contribution in [0.3, 0.4) is 0 Å². The minimum absolute atomic E-state index is 0.191. The number of carbonyl (C=O) groups excluding carboxylic acids is 1. The van der Waals surface area contributed by atoms with Crippen molar-refractivity contribution in [3.8, 4) is 0 Å². The van der Waals surface area contributed by atoms with E-state index in [1.807, 2.05) is 20.8 Å². The number of aromatic nitrogens is 2. The zero-order valence-electron chi connectivity index (χ0n) is 11.2. The average Bonchev–Trinajstić information content (AvgIpc) is 2.96. The number of nitrogens with zero attached hydrogens (tertiary/aromatic N) is 1.